The van der Waals surface area contributed by atoms with Gasteiger partial charge in [0.1, 0.15) is 0 Å². The largest absolute Gasteiger partial charge is 0.393 e. The first-order chi connectivity index (χ1) is 8.90. The zero-order valence-corrected chi connectivity index (χ0v) is 11.2. The minimum Gasteiger partial charge on any atom is -0.393 e. The number of nitrogens with zero attached hydrogens (tertiary/aromatic N) is 3. The van der Waals surface area contributed by atoms with Gasteiger partial charge >= 0.3 is 0 Å². The van der Waals surface area contributed by atoms with Gasteiger partial charge in [0, 0.05) is 31.8 Å². The molecule has 7 heteroatoms. The summed E-state index contributed by atoms with van der Waals surface area (Å²) >= 11 is 0. The number of pyridine rings is 1. The van der Waals surface area contributed by atoms with E-state index in [-0.39, 0.29) is 17.4 Å². The Kier molecular flexibility index (Phi) is 5.65. The average Bonchev–Trinajstić information content (AvgIpc) is 2.35. The molecule has 0 aromatic carbocycles. The molecular weight excluding hydrogens is 250 g/mol. The van der Waals surface area contributed by atoms with Crippen LogP contribution in [0.4, 0.5) is 5.69 Å². The van der Waals surface area contributed by atoms with Crippen LogP contribution in [-0.4, -0.2) is 45.7 Å². The van der Waals surface area contributed by atoms with Crippen LogP contribution in [0.2, 0.25) is 0 Å². The molecule has 1 rings (SSSR count). The Labute approximate surface area is 111 Å². The molecule has 1 unspecified atom stereocenters. The van der Waals surface area contributed by atoms with Crippen molar-refractivity contribution < 1.29 is 10.0 Å². The van der Waals surface area contributed by atoms with Crippen LogP contribution in [0.15, 0.2) is 23.1 Å². The Balaban J connectivity index is 2.59. The molecule has 0 bridgehead atoms. The lowest BCUT2D eigenvalue weighted by Crippen LogP contribution is -2.29. The second-order valence-electron chi connectivity index (χ2n) is 4.62. The highest BCUT2D eigenvalue weighted by molar-refractivity contribution is 5.24. The number of rotatable bonds is 7. The van der Waals surface area contributed by atoms with Crippen LogP contribution in [0.3, 0.4) is 0 Å². The van der Waals surface area contributed by atoms with Gasteiger partial charge in [0.25, 0.3) is 11.2 Å². The zero-order valence-electron chi connectivity index (χ0n) is 11.2. The van der Waals surface area contributed by atoms with Crippen molar-refractivity contribution in [3.63, 3.8) is 0 Å². The molecule has 0 amide bonds. The van der Waals surface area contributed by atoms with Gasteiger partial charge in [0.2, 0.25) is 0 Å². The highest BCUT2D eigenvalue weighted by Crippen LogP contribution is 2.06. The predicted octanol–water partition coefficient (Wildman–Crippen LogP) is 0.459. The average molecular weight is 269 g/mol. The predicted molar refractivity (Wildman–Crippen MR) is 71.2 cm³/mol. The van der Waals surface area contributed by atoms with Crippen molar-refractivity contribution >= 4 is 5.69 Å². The third-order valence-corrected chi connectivity index (χ3v) is 2.83. The van der Waals surface area contributed by atoms with Crippen LogP contribution >= 0.6 is 0 Å². The van der Waals surface area contributed by atoms with Gasteiger partial charge in [-0.25, -0.2) is 0 Å². The number of hydrogen-bond donors (Lipinski definition) is 1. The first-order valence-corrected chi connectivity index (χ1v) is 6.11. The molecule has 1 aromatic rings. The molecule has 1 aromatic heterocycles. The maximum Gasteiger partial charge on any atom is 0.285 e. The van der Waals surface area contributed by atoms with Crippen molar-refractivity contribution in [2.75, 3.05) is 20.1 Å². The molecule has 0 aliphatic heterocycles. The van der Waals surface area contributed by atoms with Crippen LogP contribution in [0.1, 0.15) is 13.3 Å². The Bertz CT molecular complexity index is 484. The van der Waals surface area contributed by atoms with Gasteiger partial charge in [-0.05, 0) is 20.4 Å². The zero-order chi connectivity index (χ0) is 14.4. The van der Waals surface area contributed by atoms with E-state index in [1.54, 1.807) is 6.92 Å². The van der Waals surface area contributed by atoms with E-state index in [1.807, 2.05) is 11.9 Å². The summed E-state index contributed by atoms with van der Waals surface area (Å²) in [4.78, 5) is 23.6. The van der Waals surface area contributed by atoms with Crippen molar-refractivity contribution in [3.05, 3.63) is 38.8 Å². The van der Waals surface area contributed by atoms with E-state index >= 15 is 0 Å². The lowest BCUT2D eigenvalue weighted by atomic mass is 10.3. The molecule has 19 heavy (non-hydrogen) atoms. The molecule has 0 fully saturated rings. The van der Waals surface area contributed by atoms with Crippen molar-refractivity contribution in [1.29, 1.82) is 0 Å². The van der Waals surface area contributed by atoms with Crippen LogP contribution in [0.25, 0.3) is 0 Å². The van der Waals surface area contributed by atoms with E-state index < -0.39 is 4.92 Å². The number of nitro groups is 1. The maximum atomic E-state index is 11.6. The minimum absolute atomic E-state index is 0.0915. The monoisotopic (exact) mass is 269 g/mol. The highest BCUT2D eigenvalue weighted by Gasteiger charge is 2.08. The second-order valence-corrected chi connectivity index (χ2v) is 4.62. The van der Waals surface area contributed by atoms with E-state index in [2.05, 4.69) is 0 Å². The number of likely N-dealkylation sites (N-methyl/N-ethyl adjacent to an activating group) is 1. The van der Waals surface area contributed by atoms with Gasteiger partial charge in [-0.15, -0.1) is 0 Å². The van der Waals surface area contributed by atoms with E-state index in [0.717, 1.165) is 0 Å². The minimum atomic E-state index is -0.521. The summed E-state index contributed by atoms with van der Waals surface area (Å²) in [7, 11) is 1.88. The van der Waals surface area contributed by atoms with Gasteiger partial charge in [-0.1, -0.05) is 0 Å². The topological polar surface area (TPSA) is 88.6 Å². The number of aliphatic hydroxyl groups excluding tert-OH is 1. The SMILES string of the molecule is CC(O)CCN(C)CCn1cc([N+](=O)[O-])ccc1=O. The van der Waals surface area contributed by atoms with E-state index in [4.69, 9.17) is 0 Å². The summed E-state index contributed by atoms with van der Waals surface area (Å²) in [5.74, 6) is 0. The summed E-state index contributed by atoms with van der Waals surface area (Å²) < 4.78 is 1.33. The molecule has 106 valence electrons. The van der Waals surface area contributed by atoms with Gasteiger partial charge in [-0.2, -0.15) is 0 Å². The number of aromatic nitrogens is 1. The lowest BCUT2D eigenvalue weighted by Gasteiger charge is -2.17. The highest BCUT2D eigenvalue weighted by atomic mass is 16.6. The fraction of sp³-hybridized carbons (Fsp3) is 0.583. The second kappa shape index (κ2) is 7.01. The Hall–Kier alpha value is -1.73. The Morgan fingerprint density at radius 1 is 1.47 bits per heavy atom. The standard InChI is InChI=1S/C12H19N3O4/c1-10(16)5-6-13(2)7-8-14-9-11(15(18)19)3-4-12(14)17/h3-4,9-10,16H,5-8H2,1-2H3. The number of hydrogen-bond acceptors (Lipinski definition) is 5. The molecule has 0 saturated heterocycles. The van der Waals surface area contributed by atoms with Gasteiger partial charge in [0.15, 0.2) is 0 Å². The van der Waals surface area contributed by atoms with Gasteiger partial charge in [0.05, 0.1) is 17.2 Å². The number of aliphatic hydroxyl groups is 1. The van der Waals surface area contributed by atoms with E-state index in [9.17, 15) is 20.0 Å². The van der Waals surface area contributed by atoms with E-state index in [0.29, 0.717) is 26.1 Å². The van der Waals surface area contributed by atoms with Crippen molar-refractivity contribution in [2.24, 2.45) is 0 Å². The van der Waals surface area contributed by atoms with Crippen LogP contribution in [0.5, 0.6) is 0 Å². The first kappa shape index (κ1) is 15.3. The third-order valence-electron chi connectivity index (χ3n) is 2.83. The van der Waals surface area contributed by atoms with Crippen molar-refractivity contribution in [1.82, 2.24) is 9.47 Å². The third kappa shape index (κ3) is 5.19. The molecule has 7 nitrogen and oxygen atoms in total. The lowest BCUT2D eigenvalue weighted by molar-refractivity contribution is -0.385. The van der Waals surface area contributed by atoms with Crippen LogP contribution in [-0.2, 0) is 6.54 Å². The van der Waals surface area contributed by atoms with E-state index in [1.165, 1.54) is 22.9 Å². The summed E-state index contributed by atoms with van der Waals surface area (Å²) in [6.07, 6.45) is 1.55. The summed E-state index contributed by atoms with van der Waals surface area (Å²) in [6, 6.07) is 2.41. The van der Waals surface area contributed by atoms with Gasteiger partial charge < -0.3 is 14.6 Å². The van der Waals surface area contributed by atoms with Gasteiger partial charge in [-0.3, -0.25) is 14.9 Å². The van der Waals surface area contributed by atoms with Crippen LogP contribution in [0, 0.1) is 10.1 Å². The summed E-state index contributed by atoms with van der Waals surface area (Å²) in [5, 5.41) is 19.8. The molecule has 0 aliphatic carbocycles. The maximum absolute atomic E-state index is 11.6. The van der Waals surface area contributed by atoms with Crippen molar-refractivity contribution in [2.45, 2.75) is 26.0 Å². The fourth-order valence-corrected chi connectivity index (χ4v) is 1.60. The van der Waals surface area contributed by atoms with Crippen LogP contribution < -0.4 is 5.56 Å². The molecular formula is C12H19N3O4. The quantitative estimate of drug-likeness (QED) is 0.574. The Morgan fingerprint density at radius 3 is 2.74 bits per heavy atom. The molecule has 0 aliphatic rings. The Morgan fingerprint density at radius 2 is 2.16 bits per heavy atom. The van der Waals surface area contributed by atoms with Crippen molar-refractivity contribution in [3.8, 4) is 0 Å². The fourth-order valence-electron chi connectivity index (χ4n) is 1.60. The first-order valence-electron chi connectivity index (χ1n) is 6.11. The molecule has 1 heterocycles. The molecule has 1 atom stereocenters. The molecule has 1 N–H and O–H groups in total. The molecule has 0 saturated carbocycles. The molecule has 0 radical (unpaired) electrons. The normalized spacial score (nSPS) is 12.6. The molecule has 0 spiro atoms. The summed E-state index contributed by atoms with van der Waals surface area (Å²) in [6.45, 7) is 3.41. The smallest absolute Gasteiger partial charge is 0.285 e. The summed E-state index contributed by atoms with van der Waals surface area (Å²) in [5.41, 5.74) is -0.347.